The van der Waals surface area contributed by atoms with Crippen molar-refractivity contribution in [3.05, 3.63) is 89.5 Å². The number of para-hydroxylation sites is 1. The molecule has 28 heavy (non-hydrogen) atoms. The maximum absolute atomic E-state index is 12.7. The summed E-state index contributed by atoms with van der Waals surface area (Å²) in [6, 6.07) is 15.4. The molecular formula is C21H17N3O4. The largest absolute Gasteiger partial charge is 0.451 e. The van der Waals surface area contributed by atoms with Crippen molar-refractivity contribution in [2.45, 2.75) is 6.92 Å². The number of rotatable bonds is 6. The molecule has 1 heterocycles. The first kappa shape index (κ1) is 18.9. The predicted octanol–water partition coefficient (Wildman–Crippen LogP) is 2.81. The molecule has 7 heteroatoms. The van der Waals surface area contributed by atoms with Crippen LogP contribution in [0.5, 0.6) is 0 Å². The lowest BCUT2D eigenvalue weighted by Crippen LogP contribution is -2.22. The Labute approximate surface area is 161 Å². The van der Waals surface area contributed by atoms with Gasteiger partial charge in [-0.25, -0.2) is 9.78 Å². The molecule has 140 valence electrons. The van der Waals surface area contributed by atoms with Crippen LogP contribution in [0.2, 0.25) is 0 Å². The van der Waals surface area contributed by atoms with Crippen LogP contribution >= 0.6 is 0 Å². The third-order valence-corrected chi connectivity index (χ3v) is 3.81. The zero-order valence-electron chi connectivity index (χ0n) is 15.1. The molecule has 0 saturated carbocycles. The molecule has 2 aromatic carbocycles. The third kappa shape index (κ3) is 4.64. The standard InChI is InChI=1S/C21H17N3O4/c1-14-11-23-18(12-22-14)21(27)28-13-19(25)24-17-10-6-5-9-16(17)20(26)15-7-3-2-4-8-15/h2-12H,13H2,1H3,(H,24,25). The van der Waals surface area contributed by atoms with Gasteiger partial charge in [-0.3, -0.25) is 14.6 Å². The van der Waals surface area contributed by atoms with Crippen LogP contribution in [0.4, 0.5) is 5.69 Å². The summed E-state index contributed by atoms with van der Waals surface area (Å²) in [5.74, 6) is -1.54. The molecule has 0 aliphatic rings. The van der Waals surface area contributed by atoms with E-state index >= 15 is 0 Å². The Bertz CT molecular complexity index is 1000. The lowest BCUT2D eigenvalue weighted by Gasteiger charge is -2.11. The molecule has 3 aromatic rings. The van der Waals surface area contributed by atoms with E-state index in [2.05, 4.69) is 15.3 Å². The van der Waals surface area contributed by atoms with Crippen molar-refractivity contribution in [1.82, 2.24) is 9.97 Å². The van der Waals surface area contributed by atoms with E-state index in [0.717, 1.165) is 0 Å². The van der Waals surface area contributed by atoms with Crippen LogP contribution in [0, 0.1) is 6.92 Å². The molecule has 3 rings (SSSR count). The maximum atomic E-state index is 12.7. The molecule has 0 unspecified atom stereocenters. The Kier molecular flexibility index (Phi) is 5.86. The second-order valence-corrected chi connectivity index (χ2v) is 5.91. The van der Waals surface area contributed by atoms with E-state index in [-0.39, 0.29) is 11.5 Å². The number of amides is 1. The zero-order chi connectivity index (χ0) is 19.9. The van der Waals surface area contributed by atoms with E-state index in [1.807, 2.05) is 6.07 Å². The van der Waals surface area contributed by atoms with Crippen LogP contribution in [0.15, 0.2) is 67.0 Å². The number of carbonyl (C=O) groups is 3. The van der Waals surface area contributed by atoms with Gasteiger partial charge in [0.1, 0.15) is 0 Å². The van der Waals surface area contributed by atoms with Crippen molar-refractivity contribution in [2.75, 3.05) is 11.9 Å². The minimum absolute atomic E-state index is 0.0121. The van der Waals surface area contributed by atoms with E-state index in [1.165, 1.54) is 12.4 Å². The van der Waals surface area contributed by atoms with Gasteiger partial charge in [0.25, 0.3) is 5.91 Å². The zero-order valence-corrected chi connectivity index (χ0v) is 15.1. The van der Waals surface area contributed by atoms with E-state index in [9.17, 15) is 14.4 Å². The Morgan fingerprint density at radius 1 is 0.929 bits per heavy atom. The van der Waals surface area contributed by atoms with E-state index in [1.54, 1.807) is 55.5 Å². The Hall–Kier alpha value is -3.87. The van der Waals surface area contributed by atoms with Gasteiger partial charge < -0.3 is 10.1 Å². The highest BCUT2D eigenvalue weighted by Crippen LogP contribution is 2.19. The first-order chi connectivity index (χ1) is 13.5. The van der Waals surface area contributed by atoms with Crippen molar-refractivity contribution in [3.63, 3.8) is 0 Å². The summed E-state index contributed by atoms with van der Waals surface area (Å²) in [7, 11) is 0. The molecule has 0 radical (unpaired) electrons. The number of aromatic nitrogens is 2. The Balaban J connectivity index is 1.65. The van der Waals surface area contributed by atoms with Crippen LogP contribution in [0.1, 0.15) is 32.1 Å². The third-order valence-electron chi connectivity index (χ3n) is 3.81. The number of benzene rings is 2. The second kappa shape index (κ2) is 8.68. The van der Waals surface area contributed by atoms with Gasteiger partial charge in [-0.2, -0.15) is 0 Å². The average Bonchev–Trinajstić information content (AvgIpc) is 2.73. The van der Waals surface area contributed by atoms with Crippen LogP contribution < -0.4 is 5.32 Å². The van der Waals surface area contributed by atoms with Crippen molar-refractivity contribution < 1.29 is 19.1 Å². The van der Waals surface area contributed by atoms with Crippen LogP contribution in [0.25, 0.3) is 0 Å². The van der Waals surface area contributed by atoms with Gasteiger partial charge in [0.15, 0.2) is 18.1 Å². The maximum Gasteiger partial charge on any atom is 0.359 e. The number of hydrogen-bond acceptors (Lipinski definition) is 6. The lowest BCUT2D eigenvalue weighted by molar-refractivity contribution is -0.119. The first-order valence-electron chi connectivity index (χ1n) is 8.49. The number of ether oxygens (including phenoxy) is 1. The van der Waals surface area contributed by atoms with Crippen LogP contribution in [0.3, 0.4) is 0 Å². The molecule has 0 atom stereocenters. The van der Waals surface area contributed by atoms with Gasteiger partial charge in [-0.15, -0.1) is 0 Å². The fourth-order valence-electron chi connectivity index (χ4n) is 2.42. The molecule has 0 aliphatic heterocycles. The van der Waals surface area contributed by atoms with Crippen molar-refractivity contribution >= 4 is 23.3 Å². The lowest BCUT2D eigenvalue weighted by atomic mass is 10.0. The number of nitrogens with one attached hydrogen (secondary N) is 1. The van der Waals surface area contributed by atoms with Crippen molar-refractivity contribution in [3.8, 4) is 0 Å². The number of nitrogens with zero attached hydrogens (tertiary/aromatic N) is 2. The van der Waals surface area contributed by atoms with Gasteiger partial charge in [-0.1, -0.05) is 42.5 Å². The molecule has 0 saturated heterocycles. The molecular weight excluding hydrogens is 358 g/mol. The summed E-state index contributed by atoms with van der Waals surface area (Å²) >= 11 is 0. The molecule has 0 fully saturated rings. The topological polar surface area (TPSA) is 98.2 Å². The number of aryl methyl sites for hydroxylation is 1. The molecule has 1 amide bonds. The van der Waals surface area contributed by atoms with Gasteiger partial charge in [0.2, 0.25) is 0 Å². The SMILES string of the molecule is Cc1cnc(C(=O)OCC(=O)Nc2ccccc2C(=O)c2ccccc2)cn1. The normalized spacial score (nSPS) is 10.2. The van der Waals surface area contributed by atoms with Crippen LogP contribution in [-0.4, -0.2) is 34.2 Å². The number of hydrogen-bond donors (Lipinski definition) is 1. The quantitative estimate of drug-likeness (QED) is 0.525. The first-order valence-corrected chi connectivity index (χ1v) is 8.49. The highest BCUT2D eigenvalue weighted by molar-refractivity contribution is 6.13. The Morgan fingerprint density at radius 3 is 2.36 bits per heavy atom. The average molecular weight is 375 g/mol. The number of anilines is 1. The number of carbonyl (C=O) groups excluding carboxylic acids is 3. The van der Waals surface area contributed by atoms with Gasteiger partial charge in [0.05, 0.1) is 17.6 Å². The second-order valence-electron chi connectivity index (χ2n) is 5.91. The summed E-state index contributed by atoms with van der Waals surface area (Å²) in [5, 5.41) is 2.60. The summed E-state index contributed by atoms with van der Waals surface area (Å²) < 4.78 is 4.95. The monoisotopic (exact) mass is 375 g/mol. The fourth-order valence-corrected chi connectivity index (χ4v) is 2.42. The minimum atomic E-state index is -0.753. The Morgan fingerprint density at radius 2 is 1.64 bits per heavy atom. The highest BCUT2D eigenvalue weighted by atomic mass is 16.5. The smallest absolute Gasteiger partial charge is 0.359 e. The van der Waals surface area contributed by atoms with E-state index in [4.69, 9.17) is 4.74 Å². The molecule has 0 aliphatic carbocycles. The van der Waals surface area contributed by atoms with E-state index < -0.39 is 18.5 Å². The van der Waals surface area contributed by atoms with Crippen molar-refractivity contribution in [1.29, 1.82) is 0 Å². The van der Waals surface area contributed by atoms with Gasteiger partial charge in [0, 0.05) is 17.3 Å². The molecule has 7 nitrogen and oxygen atoms in total. The van der Waals surface area contributed by atoms with Crippen LogP contribution in [-0.2, 0) is 9.53 Å². The van der Waals surface area contributed by atoms with E-state index in [0.29, 0.717) is 22.5 Å². The van der Waals surface area contributed by atoms with Gasteiger partial charge in [-0.05, 0) is 19.1 Å². The summed E-state index contributed by atoms with van der Waals surface area (Å²) in [6.07, 6.45) is 2.71. The summed E-state index contributed by atoms with van der Waals surface area (Å²) in [4.78, 5) is 44.6. The minimum Gasteiger partial charge on any atom is -0.451 e. The molecule has 1 N–H and O–H groups in total. The fraction of sp³-hybridized carbons (Fsp3) is 0.0952. The number of esters is 1. The van der Waals surface area contributed by atoms with Crippen molar-refractivity contribution in [2.24, 2.45) is 0 Å². The number of ketones is 1. The van der Waals surface area contributed by atoms with Gasteiger partial charge >= 0.3 is 5.97 Å². The highest BCUT2D eigenvalue weighted by Gasteiger charge is 2.16. The molecule has 1 aromatic heterocycles. The summed E-state index contributed by atoms with van der Waals surface area (Å²) in [5.41, 5.74) is 1.87. The predicted molar refractivity (Wildman–Crippen MR) is 102 cm³/mol. The summed E-state index contributed by atoms with van der Waals surface area (Å²) in [6.45, 7) is 1.23. The molecule has 0 bridgehead atoms. The molecule has 0 spiro atoms.